The molecule has 0 spiro atoms. The second-order valence-corrected chi connectivity index (χ2v) is 4.17. The summed E-state index contributed by atoms with van der Waals surface area (Å²) in [7, 11) is 1.29. The molecule has 18 heavy (non-hydrogen) atoms. The number of carbonyl (C=O) groups is 2. The number of esters is 1. The first kappa shape index (κ1) is 12.6. The van der Waals surface area contributed by atoms with Crippen molar-refractivity contribution in [2.24, 2.45) is 0 Å². The monoisotopic (exact) mass is 248 g/mol. The number of hydrogen-bond donors (Lipinski definition) is 2. The van der Waals surface area contributed by atoms with Crippen LogP contribution < -0.4 is 10.6 Å². The fourth-order valence-corrected chi connectivity index (χ4v) is 1.95. The number of fused-ring (bicyclic) bond motifs is 1. The van der Waals surface area contributed by atoms with Gasteiger partial charge in [0.2, 0.25) is 0 Å². The molecule has 1 aliphatic rings. The molecule has 0 bridgehead atoms. The van der Waals surface area contributed by atoms with Crippen LogP contribution in [-0.2, 0) is 22.5 Å². The average Bonchev–Trinajstić information content (AvgIpc) is 2.43. The van der Waals surface area contributed by atoms with Crippen molar-refractivity contribution in [3.05, 3.63) is 34.9 Å². The van der Waals surface area contributed by atoms with Crippen molar-refractivity contribution in [3.8, 4) is 0 Å². The molecule has 0 fully saturated rings. The summed E-state index contributed by atoms with van der Waals surface area (Å²) in [5, 5.41) is 5.78. The molecule has 1 aromatic rings. The Morgan fingerprint density at radius 1 is 1.39 bits per heavy atom. The van der Waals surface area contributed by atoms with Crippen LogP contribution in [0.3, 0.4) is 0 Å². The summed E-state index contributed by atoms with van der Waals surface area (Å²) in [5.41, 5.74) is 2.99. The van der Waals surface area contributed by atoms with Crippen molar-refractivity contribution < 1.29 is 14.3 Å². The van der Waals surface area contributed by atoms with E-state index >= 15 is 0 Å². The van der Waals surface area contributed by atoms with Gasteiger partial charge in [-0.2, -0.15) is 0 Å². The quantitative estimate of drug-likeness (QED) is 0.752. The molecule has 5 nitrogen and oxygen atoms in total. The van der Waals surface area contributed by atoms with Crippen LogP contribution in [0.4, 0.5) is 0 Å². The van der Waals surface area contributed by atoms with Crippen molar-refractivity contribution in [1.29, 1.82) is 0 Å². The molecule has 0 aromatic heterocycles. The topological polar surface area (TPSA) is 67.4 Å². The predicted molar refractivity (Wildman–Crippen MR) is 66.2 cm³/mol. The lowest BCUT2D eigenvalue weighted by atomic mass is 9.98. The van der Waals surface area contributed by atoms with Gasteiger partial charge in [0, 0.05) is 12.1 Å². The third-order valence-electron chi connectivity index (χ3n) is 2.98. The molecule has 5 heteroatoms. The summed E-state index contributed by atoms with van der Waals surface area (Å²) in [6, 6.07) is 5.63. The van der Waals surface area contributed by atoms with E-state index in [1.54, 1.807) is 6.07 Å². The Bertz CT molecular complexity index is 471. The maximum absolute atomic E-state index is 11.8. The smallest absolute Gasteiger partial charge is 0.325 e. The Morgan fingerprint density at radius 2 is 2.22 bits per heavy atom. The number of nitrogens with one attached hydrogen (secondary N) is 2. The van der Waals surface area contributed by atoms with Gasteiger partial charge in [-0.1, -0.05) is 6.07 Å². The third-order valence-corrected chi connectivity index (χ3v) is 2.98. The van der Waals surface area contributed by atoms with E-state index in [0.717, 1.165) is 25.1 Å². The van der Waals surface area contributed by atoms with E-state index in [0.29, 0.717) is 5.56 Å². The number of methoxy groups -OCH3 is 1. The van der Waals surface area contributed by atoms with E-state index in [9.17, 15) is 9.59 Å². The summed E-state index contributed by atoms with van der Waals surface area (Å²) >= 11 is 0. The Labute approximate surface area is 106 Å². The molecule has 1 aliphatic heterocycles. The summed E-state index contributed by atoms with van der Waals surface area (Å²) in [6.45, 7) is 1.65. The molecule has 0 saturated heterocycles. The summed E-state index contributed by atoms with van der Waals surface area (Å²) in [4.78, 5) is 22.7. The summed E-state index contributed by atoms with van der Waals surface area (Å²) in [5.74, 6) is -0.711. The van der Waals surface area contributed by atoms with Crippen LogP contribution in [0.15, 0.2) is 18.2 Å². The van der Waals surface area contributed by atoms with Crippen LogP contribution >= 0.6 is 0 Å². The van der Waals surface area contributed by atoms with Crippen molar-refractivity contribution in [2.45, 2.75) is 13.0 Å². The molecule has 1 aromatic carbocycles. The molecule has 0 atom stereocenters. The lowest BCUT2D eigenvalue weighted by Crippen LogP contribution is -2.30. The van der Waals surface area contributed by atoms with Gasteiger partial charge in [-0.25, -0.2) is 0 Å². The molecular formula is C13H16N2O3. The minimum atomic E-state index is -0.456. The highest BCUT2D eigenvalue weighted by Crippen LogP contribution is 2.15. The van der Waals surface area contributed by atoms with E-state index in [1.807, 2.05) is 12.1 Å². The minimum absolute atomic E-state index is 0.106. The van der Waals surface area contributed by atoms with Gasteiger partial charge in [0.05, 0.1) is 7.11 Å². The lowest BCUT2D eigenvalue weighted by molar-refractivity contribution is -0.139. The Kier molecular flexibility index (Phi) is 3.94. The number of carbonyl (C=O) groups excluding carboxylic acids is 2. The van der Waals surface area contributed by atoms with E-state index in [-0.39, 0.29) is 12.5 Å². The van der Waals surface area contributed by atoms with Crippen LogP contribution in [0.25, 0.3) is 0 Å². The average molecular weight is 248 g/mol. The molecule has 0 unspecified atom stereocenters. The molecule has 0 radical (unpaired) electrons. The van der Waals surface area contributed by atoms with E-state index in [4.69, 9.17) is 0 Å². The molecular weight excluding hydrogens is 232 g/mol. The van der Waals surface area contributed by atoms with E-state index < -0.39 is 5.97 Å². The zero-order chi connectivity index (χ0) is 13.0. The highest BCUT2D eigenvalue weighted by Gasteiger charge is 2.13. The summed E-state index contributed by atoms with van der Waals surface area (Å²) in [6.07, 6.45) is 0.986. The maximum Gasteiger partial charge on any atom is 0.325 e. The maximum atomic E-state index is 11.8. The first-order chi connectivity index (χ1) is 8.70. The Balaban J connectivity index is 2.04. The molecule has 1 amide bonds. The largest absolute Gasteiger partial charge is 0.468 e. The first-order valence-electron chi connectivity index (χ1n) is 5.88. The normalized spacial score (nSPS) is 13.6. The summed E-state index contributed by atoms with van der Waals surface area (Å²) < 4.78 is 4.46. The van der Waals surface area contributed by atoms with Gasteiger partial charge in [-0.15, -0.1) is 0 Å². The number of hydrogen-bond acceptors (Lipinski definition) is 4. The SMILES string of the molecule is COC(=O)CNC(=O)c1ccc2c(c1)CNCC2. The lowest BCUT2D eigenvalue weighted by Gasteiger charge is -2.17. The Hall–Kier alpha value is -1.88. The van der Waals surface area contributed by atoms with Crippen LogP contribution in [0.2, 0.25) is 0 Å². The zero-order valence-electron chi connectivity index (χ0n) is 10.3. The number of amides is 1. The minimum Gasteiger partial charge on any atom is -0.468 e. The highest BCUT2D eigenvalue weighted by atomic mass is 16.5. The molecule has 1 heterocycles. The van der Waals surface area contributed by atoms with Crippen molar-refractivity contribution >= 4 is 11.9 Å². The van der Waals surface area contributed by atoms with Gasteiger partial charge in [0.25, 0.3) is 5.91 Å². The zero-order valence-corrected chi connectivity index (χ0v) is 10.3. The fourth-order valence-electron chi connectivity index (χ4n) is 1.95. The molecule has 0 saturated carbocycles. The van der Waals surface area contributed by atoms with Gasteiger partial charge < -0.3 is 15.4 Å². The van der Waals surface area contributed by atoms with Gasteiger partial charge in [0.15, 0.2) is 0 Å². The van der Waals surface area contributed by atoms with Crippen LogP contribution in [0.1, 0.15) is 21.5 Å². The highest BCUT2D eigenvalue weighted by molar-refractivity contribution is 5.96. The number of benzene rings is 1. The number of ether oxygens (including phenoxy) is 1. The molecule has 0 aliphatic carbocycles. The van der Waals surface area contributed by atoms with Crippen LogP contribution in [0, 0.1) is 0 Å². The fraction of sp³-hybridized carbons (Fsp3) is 0.385. The number of rotatable bonds is 3. The van der Waals surface area contributed by atoms with Gasteiger partial charge in [-0.3, -0.25) is 9.59 Å². The standard InChI is InChI=1S/C13H16N2O3/c1-18-12(16)8-15-13(17)10-3-2-9-4-5-14-7-11(9)6-10/h2-3,6,14H,4-5,7-8H2,1H3,(H,15,17). The second kappa shape index (κ2) is 5.64. The molecule has 96 valence electrons. The molecule has 2 rings (SSSR count). The van der Waals surface area contributed by atoms with E-state index in [1.165, 1.54) is 12.7 Å². The van der Waals surface area contributed by atoms with Gasteiger partial charge >= 0.3 is 5.97 Å². The Morgan fingerprint density at radius 3 is 3.00 bits per heavy atom. The first-order valence-corrected chi connectivity index (χ1v) is 5.88. The van der Waals surface area contributed by atoms with Crippen molar-refractivity contribution in [2.75, 3.05) is 20.2 Å². The predicted octanol–water partition coefficient (Wildman–Crippen LogP) is 0.235. The van der Waals surface area contributed by atoms with Crippen LogP contribution in [-0.4, -0.2) is 32.1 Å². The van der Waals surface area contributed by atoms with Crippen LogP contribution in [0.5, 0.6) is 0 Å². The van der Waals surface area contributed by atoms with Gasteiger partial charge in [-0.05, 0) is 36.2 Å². The third kappa shape index (κ3) is 2.87. The van der Waals surface area contributed by atoms with Crippen molar-refractivity contribution in [1.82, 2.24) is 10.6 Å². The van der Waals surface area contributed by atoms with E-state index in [2.05, 4.69) is 15.4 Å². The van der Waals surface area contributed by atoms with Gasteiger partial charge in [0.1, 0.15) is 6.54 Å². The molecule has 2 N–H and O–H groups in total. The van der Waals surface area contributed by atoms with Crippen molar-refractivity contribution in [3.63, 3.8) is 0 Å². The second-order valence-electron chi connectivity index (χ2n) is 4.17.